The van der Waals surface area contributed by atoms with E-state index in [0.29, 0.717) is 17.0 Å². The van der Waals surface area contributed by atoms with Gasteiger partial charge in [-0.05, 0) is 54.2 Å². The molecule has 1 N–H and O–H groups in total. The molecule has 1 amide bonds. The van der Waals surface area contributed by atoms with E-state index in [1.54, 1.807) is 24.0 Å². The fraction of sp³-hybridized carbons (Fsp3) is 0.583. The first-order chi connectivity index (χ1) is 8.09. The third-order valence-electron chi connectivity index (χ3n) is 3.15. The largest absolute Gasteiger partial charge is 0.444 e. The highest BCUT2D eigenvalue weighted by Gasteiger charge is 2.31. The number of amides is 1. The number of nitrogens with zero attached hydrogens (tertiary/aromatic N) is 1. The smallest absolute Gasteiger partial charge is 0.289 e. The molecule has 2 rings (SSSR count). The van der Waals surface area contributed by atoms with Gasteiger partial charge in [-0.2, -0.15) is 0 Å². The monoisotopic (exact) mass is 301 g/mol. The molecule has 1 aromatic rings. The van der Waals surface area contributed by atoms with Crippen molar-refractivity contribution >= 4 is 21.8 Å². The summed E-state index contributed by atoms with van der Waals surface area (Å²) >= 11 is 3.18. The molecule has 1 saturated heterocycles. The minimum atomic E-state index is -0.502. The predicted molar refractivity (Wildman–Crippen MR) is 66.8 cm³/mol. The standard InChI is InChI=1S/C12H16BrNO3/c1-8(15)9-4-2-3-7-14(9)12(16)10-5-6-11(13)17-10/h5-6,8-9,15H,2-4,7H2,1H3. The molecule has 2 atom stereocenters. The summed E-state index contributed by atoms with van der Waals surface area (Å²) < 4.78 is 5.82. The Kier molecular flexibility index (Phi) is 3.89. The third-order valence-corrected chi connectivity index (χ3v) is 3.58. The average molecular weight is 302 g/mol. The van der Waals surface area contributed by atoms with Crippen LogP contribution in [0.2, 0.25) is 0 Å². The third kappa shape index (κ3) is 2.72. The second kappa shape index (κ2) is 5.23. The van der Waals surface area contributed by atoms with Gasteiger partial charge in [0.25, 0.3) is 5.91 Å². The van der Waals surface area contributed by atoms with Crippen LogP contribution in [0, 0.1) is 0 Å². The Bertz CT molecular complexity index is 402. The van der Waals surface area contributed by atoms with Crippen molar-refractivity contribution in [3.05, 3.63) is 22.6 Å². The molecule has 4 nitrogen and oxygen atoms in total. The molecule has 5 heteroatoms. The van der Waals surface area contributed by atoms with Gasteiger partial charge in [0, 0.05) is 6.54 Å². The van der Waals surface area contributed by atoms with Crippen LogP contribution in [0.15, 0.2) is 21.2 Å². The second-order valence-corrected chi connectivity index (χ2v) is 5.19. The molecule has 0 bridgehead atoms. The summed E-state index contributed by atoms with van der Waals surface area (Å²) in [5, 5.41) is 9.71. The Labute approximate surface area is 109 Å². The number of aliphatic hydroxyl groups excluding tert-OH is 1. The molecule has 0 spiro atoms. The van der Waals surface area contributed by atoms with Crippen LogP contribution in [-0.4, -0.2) is 34.6 Å². The number of hydrogen-bond donors (Lipinski definition) is 1. The maximum Gasteiger partial charge on any atom is 0.289 e. The van der Waals surface area contributed by atoms with Gasteiger partial charge in [0.1, 0.15) is 0 Å². The molecule has 0 aromatic carbocycles. The maximum atomic E-state index is 12.2. The molecule has 1 aliphatic rings. The molecule has 1 fully saturated rings. The Hall–Kier alpha value is -0.810. The summed E-state index contributed by atoms with van der Waals surface area (Å²) in [6.45, 7) is 2.42. The van der Waals surface area contributed by atoms with Gasteiger partial charge in [-0.3, -0.25) is 4.79 Å². The maximum absolute atomic E-state index is 12.2. The summed E-state index contributed by atoms with van der Waals surface area (Å²) in [4.78, 5) is 13.9. The number of halogens is 1. The van der Waals surface area contributed by atoms with Crippen molar-refractivity contribution in [1.82, 2.24) is 4.90 Å². The highest BCUT2D eigenvalue weighted by atomic mass is 79.9. The van der Waals surface area contributed by atoms with Crippen LogP contribution in [0.25, 0.3) is 0 Å². The Morgan fingerprint density at radius 3 is 2.94 bits per heavy atom. The molecule has 0 saturated carbocycles. The van der Waals surface area contributed by atoms with Crippen LogP contribution in [-0.2, 0) is 0 Å². The van der Waals surface area contributed by atoms with E-state index < -0.39 is 6.10 Å². The fourth-order valence-corrected chi connectivity index (χ4v) is 2.59. The van der Waals surface area contributed by atoms with Crippen molar-refractivity contribution in [1.29, 1.82) is 0 Å². The van der Waals surface area contributed by atoms with Gasteiger partial charge >= 0.3 is 0 Å². The van der Waals surface area contributed by atoms with Crippen LogP contribution < -0.4 is 0 Å². The van der Waals surface area contributed by atoms with Gasteiger partial charge in [-0.15, -0.1) is 0 Å². The average Bonchev–Trinajstić information content (AvgIpc) is 2.75. The molecule has 0 aliphatic carbocycles. The van der Waals surface area contributed by atoms with Crippen LogP contribution in [0.3, 0.4) is 0 Å². The highest BCUT2D eigenvalue weighted by Crippen LogP contribution is 2.23. The van der Waals surface area contributed by atoms with E-state index in [4.69, 9.17) is 4.42 Å². The summed E-state index contributed by atoms with van der Waals surface area (Å²) in [7, 11) is 0. The van der Waals surface area contributed by atoms with Crippen LogP contribution >= 0.6 is 15.9 Å². The van der Waals surface area contributed by atoms with Gasteiger partial charge in [0.05, 0.1) is 12.1 Å². The van der Waals surface area contributed by atoms with E-state index in [0.717, 1.165) is 19.3 Å². The number of likely N-dealkylation sites (tertiary alicyclic amines) is 1. The Morgan fingerprint density at radius 1 is 1.59 bits per heavy atom. The number of piperidine rings is 1. The lowest BCUT2D eigenvalue weighted by Crippen LogP contribution is -2.48. The molecular formula is C12H16BrNO3. The topological polar surface area (TPSA) is 53.7 Å². The van der Waals surface area contributed by atoms with E-state index in [9.17, 15) is 9.90 Å². The number of rotatable bonds is 2. The van der Waals surface area contributed by atoms with Crippen molar-refractivity contribution in [3.63, 3.8) is 0 Å². The molecular weight excluding hydrogens is 286 g/mol. The lowest BCUT2D eigenvalue weighted by atomic mass is 9.98. The number of carbonyl (C=O) groups excluding carboxylic acids is 1. The van der Waals surface area contributed by atoms with Crippen molar-refractivity contribution in [2.24, 2.45) is 0 Å². The molecule has 1 aromatic heterocycles. The van der Waals surface area contributed by atoms with Crippen molar-refractivity contribution in [2.75, 3.05) is 6.54 Å². The van der Waals surface area contributed by atoms with Gasteiger partial charge in [0.15, 0.2) is 10.4 Å². The zero-order valence-corrected chi connectivity index (χ0v) is 11.3. The zero-order chi connectivity index (χ0) is 12.4. The Morgan fingerprint density at radius 2 is 2.35 bits per heavy atom. The van der Waals surface area contributed by atoms with Crippen LogP contribution in [0.4, 0.5) is 0 Å². The number of hydrogen-bond acceptors (Lipinski definition) is 3. The highest BCUT2D eigenvalue weighted by molar-refractivity contribution is 9.10. The molecule has 2 unspecified atom stereocenters. The van der Waals surface area contributed by atoms with E-state index in [1.807, 2.05) is 0 Å². The van der Waals surface area contributed by atoms with Crippen molar-refractivity contribution < 1.29 is 14.3 Å². The number of furan rings is 1. The zero-order valence-electron chi connectivity index (χ0n) is 9.73. The second-order valence-electron chi connectivity index (χ2n) is 4.41. The van der Waals surface area contributed by atoms with Gasteiger partial charge in [0.2, 0.25) is 0 Å². The van der Waals surface area contributed by atoms with Crippen molar-refractivity contribution in [2.45, 2.75) is 38.3 Å². The van der Waals surface area contributed by atoms with Crippen LogP contribution in [0.5, 0.6) is 0 Å². The lowest BCUT2D eigenvalue weighted by molar-refractivity contribution is 0.0257. The lowest BCUT2D eigenvalue weighted by Gasteiger charge is -2.36. The van der Waals surface area contributed by atoms with Crippen molar-refractivity contribution in [3.8, 4) is 0 Å². The van der Waals surface area contributed by atoms with E-state index in [-0.39, 0.29) is 11.9 Å². The Balaban J connectivity index is 2.16. The molecule has 0 radical (unpaired) electrons. The minimum Gasteiger partial charge on any atom is -0.444 e. The van der Waals surface area contributed by atoms with Gasteiger partial charge in [-0.25, -0.2) is 0 Å². The summed E-state index contributed by atoms with van der Waals surface area (Å²) in [5.41, 5.74) is 0. The van der Waals surface area contributed by atoms with E-state index in [1.165, 1.54) is 0 Å². The SMILES string of the molecule is CC(O)C1CCCCN1C(=O)c1ccc(Br)o1. The quantitative estimate of drug-likeness (QED) is 0.913. The summed E-state index contributed by atoms with van der Waals surface area (Å²) in [6.07, 6.45) is 2.39. The molecule has 17 heavy (non-hydrogen) atoms. The number of aliphatic hydroxyl groups is 1. The molecule has 1 aliphatic heterocycles. The van der Waals surface area contributed by atoms with Crippen LogP contribution in [0.1, 0.15) is 36.7 Å². The van der Waals surface area contributed by atoms with Gasteiger partial charge in [-0.1, -0.05) is 0 Å². The summed E-state index contributed by atoms with van der Waals surface area (Å²) in [6, 6.07) is 3.26. The minimum absolute atomic E-state index is 0.0971. The van der Waals surface area contributed by atoms with Gasteiger partial charge < -0.3 is 14.4 Å². The first-order valence-corrected chi connectivity index (χ1v) is 6.63. The fourth-order valence-electron chi connectivity index (χ4n) is 2.28. The first kappa shape index (κ1) is 12.6. The molecule has 94 valence electrons. The normalized spacial score (nSPS) is 22.5. The first-order valence-electron chi connectivity index (χ1n) is 5.84. The summed E-state index contributed by atoms with van der Waals surface area (Å²) in [5.74, 6) is 0.186. The predicted octanol–water partition coefficient (Wildman–Crippen LogP) is 2.42. The van der Waals surface area contributed by atoms with E-state index in [2.05, 4.69) is 15.9 Å². The molecule has 2 heterocycles. The number of carbonyl (C=O) groups is 1. The van der Waals surface area contributed by atoms with E-state index >= 15 is 0 Å².